The van der Waals surface area contributed by atoms with Gasteiger partial charge in [0.25, 0.3) is 5.69 Å². The second-order valence-electron chi connectivity index (χ2n) is 6.02. The van der Waals surface area contributed by atoms with Gasteiger partial charge in [0.15, 0.2) is 0 Å². The summed E-state index contributed by atoms with van der Waals surface area (Å²) in [4.78, 5) is 35.5. The molecule has 1 aliphatic rings. The van der Waals surface area contributed by atoms with E-state index < -0.39 is 4.92 Å². The van der Waals surface area contributed by atoms with Crippen LogP contribution in [0.1, 0.15) is 32.1 Å². The quantitative estimate of drug-likeness (QED) is 0.403. The van der Waals surface area contributed by atoms with E-state index in [0.29, 0.717) is 32.4 Å². The first-order valence-corrected chi connectivity index (χ1v) is 8.59. The Morgan fingerprint density at radius 3 is 2.40 bits per heavy atom. The zero-order valence-corrected chi connectivity index (χ0v) is 14.2. The van der Waals surface area contributed by atoms with Gasteiger partial charge in [-0.1, -0.05) is 0 Å². The summed E-state index contributed by atoms with van der Waals surface area (Å²) in [5.41, 5.74) is 0.829. The molecule has 2 rings (SSSR count). The molecule has 1 aromatic carbocycles. The number of rotatable bonds is 9. The largest absolute Gasteiger partial charge is 0.385 e. The molecule has 2 amide bonds. The molecule has 0 atom stereocenters. The number of benzene rings is 1. The molecule has 25 heavy (non-hydrogen) atoms. The first-order chi connectivity index (χ1) is 12.1. The van der Waals surface area contributed by atoms with Gasteiger partial charge in [-0.2, -0.15) is 0 Å². The summed E-state index contributed by atoms with van der Waals surface area (Å²) in [5, 5.41) is 16.4. The van der Waals surface area contributed by atoms with Gasteiger partial charge in [0.1, 0.15) is 0 Å². The minimum absolute atomic E-state index is 0.0494. The number of nitro benzene ring substituents is 1. The first-order valence-electron chi connectivity index (χ1n) is 8.59. The number of non-ortho nitro benzene ring substituents is 1. The summed E-state index contributed by atoms with van der Waals surface area (Å²) in [7, 11) is 0. The summed E-state index contributed by atoms with van der Waals surface area (Å²) in [5.74, 6) is 0.0392. The standard InChI is InChI=1S/C17H24N4O4/c22-16(19-11-9-17(23)20-12-1-2-13-20)4-3-10-18-14-5-7-15(8-6-14)21(24)25/h5-8,18H,1-4,9-13H2,(H,19,22). The van der Waals surface area contributed by atoms with E-state index in [-0.39, 0.29) is 17.5 Å². The third kappa shape index (κ3) is 6.40. The van der Waals surface area contributed by atoms with Crippen molar-refractivity contribution in [2.45, 2.75) is 32.1 Å². The van der Waals surface area contributed by atoms with E-state index in [0.717, 1.165) is 31.6 Å². The SMILES string of the molecule is O=C(CCCNc1ccc([N+](=O)[O-])cc1)NCCC(=O)N1CCCC1. The summed E-state index contributed by atoms with van der Waals surface area (Å²) in [6.07, 6.45) is 3.51. The first kappa shape index (κ1) is 18.7. The Morgan fingerprint density at radius 2 is 1.76 bits per heavy atom. The fraction of sp³-hybridized carbons (Fsp3) is 0.529. The van der Waals surface area contributed by atoms with Gasteiger partial charge in [0.2, 0.25) is 11.8 Å². The van der Waals surface area contributed by atoms with Crippen LogP contribution >= 0.6 is 0 Å². The lowest BCUT2D eigenvalue weighted by molar-refractivity contribution is -0.384. The van der Waals surface area contributed by atoms with Gasteiger partial charge in [-0.25, -0.2) is 0 Å². The molecule has 1 fully saturated rings. The molecular formula is C17H24N4O4. The molecule has 1 aromatic rings. The zero-order valence-electron chi connectivity index (χ0n) is 14.2. The highest BCUT2D eigenvalue weighted by Gasteiger charge is 2.17. The molecule has 0 aromatic heterocycles. The minimum atomic E-state index is -0.442. The van der Waals surface area contributed by atoms with Crippen LogP contribution in [0.2, 0.25) is 0 Å². The second-order valence-corrected chi connectivity index (χ2v) is 6.02. The fourth-order valence-corrected chi connectivity index (χ4v) is 2.70. The molecule has 0 aliphatic carbocycles. The van der Waals surface area contributed by atoms with E-state index in [1.54, 1.807) is 12.1 Å². The lowest BCUT2D eigenvalue weighted by Gasteiger charge is -2.15. The maximum atomic E-state index is 11.8. The lowest BCUT2D eigenvalue weighted by atomic mass is 10.2. The van der Waals surface area contributed by atoms with Gasteiger partial charge >= 0.3 is 0 Å². The molecule has 0 unspecified atom stereocenters. The molecule has 0 saturated carbocycles. The van der Waals surface area contributed by atoms with Crippen molar-refractivity contribution in [2.75, 3.05) is 31.5 Å². The summed E-state index contributed by atoms with van der Waals surface area (Å²) in [6, 6.07) is 6.16. The lowest BCUT2D eigenvalue weighted by Crippen LogP contribution is -2.32. The average Bonchev–Trinajstić information content (AvgIpc) is 3.14. The van der Waals surface area contributed by atoms with Crippen LogP contribution in [0.5, 0.6) is 0 Å². The number of nitrogens with zero attached hydrogens (tertiary/aromatic N) is 2. The van der Waals surface area contributed by atoms with Gasteiger partial charge < -0.3 is 15.5 Å². The number of carbonyl (C=O) groups is 2. The number of hydrogen-bond acceptors (Lipinski definition) is 5. The van der Waals surface area contributed by atoms with E-state index in [1.807, 2.05) is 4.90 Å². The van der Waals surface area contributed by atoms with Crippen molar-refractivity contribution in [1.29, 1.82) is 0 Å². The number of nitrogens with one attached hydrogen (secondary N) is 2. The molecule has 0 spiro atoms. The van der Waals surface area contributed by atoms with E-state index in [1.165, 1.54) is 12.1 Å². The number of hydrogen-bond donors (Lipinski definition) is 2. The Kier molecular flexibility index (Phi) is 7.18. The van der Waals surface area contributed by atoms with Crippen LogP contribution in [-0.4, -0.2) is 47.8 Å². The number of amides is 2. The van der Waals surface area contributed by atoms with Crippen molar-refractivity contribution in [3.63, 3.8) is 0 Å². The van der Waals surface area contributed by atoms with Crippen molar-refractivity contribution in [2.24, 2.45) is 0 Å². The number of likely N-dealkylation sites (tertiary alicyclic amines) is 1. The van der Waals surface area contributed by atoms with Crippen molar-refractivity contribution in [1.82, 2.24) is 10.2 Å². The molecule has 0 radical (unpaired) electrons. The van der Waals surface area contributed by atoms with E-state index in [9.17, 15) is 19.7 Å². The number of carbonyl (C=O) groups excluding carboxylic acids is 2. The maximum absolute atomic E-state index is 11.8. The Labute approximate surface area is 146 Å². The normalized spacial score (nSPS) is 13.5. The van der Waals surface area contributed by atoms with Crippen molar-refractivity contribution in [3.8, 4) is 0 Å². The molecule has 8 heteroatoms. The second kappa shape index (κ2) is 9.61. The average molecular weight is 348 g/mol. The predicted molar refractivity (Wildman–Crippen MR) is 94.3 cm³/mol. The predicted octanol–water partition coefficient (Wildman–Crippen LogP) is 1.92. The number of anilines is 1. The zero-order chi connectivity index (χ0) is 18.1. The Hall–Kier alpha value is -2.64. The third-order valence-electron chi connectivity index (χ3n) is 4.11. The molecule has 2 N–H and O–H groups in total. The van der Waals surface area contributed by atoms with Crippen LogP contribution in [0.4, 0.5) is 11.4 Å². The van der Waals surface area contributed by atoms with Crippen molar-refractivity contribution < 1.29 is 14.5 Å². The maximum Gasteiger partial charge on any atom is 0.269 e. The molecule has 1 heterocycles. The molecule has 0 bridgehead atoms. The van der Waals surface area contributed by atoms with Crippen LogP contribution in [0.15, 0.2) is 24.3 Å². The Balaban J connectivity index is 1.54. The van der Waals surface area contributed by atoms with Crippen molar-refractivity contribution in [3.05, 3.63) is 34.4 Å². The summed E-state index contributed by atoms with van der Waals surface area (Å²) >= 11 is 0. The van der Waals surface area contributed by atoms with Crippen LogP contribution in [0.3, 0.4) is 0 Å². The van der Waals surface area contributed by atoms with E-state index in [4.69, 9.17) is 0 Å². The molecule has 8 nitrogen and oxygen atoms in total. The molecule has 1 aliphatic heterocycles. The van der Waals surface area contributed by atoms with Crippen LogP contribution < -0.4 is 10.6 Å². The number of nitro groups is 1. The molecule has 136 valence electrons. The highest BCUT2D eigenvalue weighted by atomic mass is 16.6. The van der Waals surface area contributed by atoms with Gasteiger partial charge in [0.05, 0.1) is 4.92 Å². The van der Waals surface area contributed by atoms with Gasteiger partial charge in [-0.05, 0) is 31.4 Å². The Morgan fingerprint density at radius 1 is 1.08 bits per heavy atom. The van der Waals surface area contributed by atoms with E-state index in [2.05, 4.69) is 10.6 Å². The Bertz CT molecular complexity index is 597. The summed E-state index contributed by atoms with van der Waals surface area (Å²) in [6.45, 7) is 2.64. The highest BCUT2D eigenvalue weighted by molar-refractivity contribution is 5.79. The van der Waals surface area contributed by atoms with Gasteiger partial charge in [-0.15, -0.1) is 0 Å². The van der Waals surface area contributed by atoms with Crippen LogP contribution in [0, 0.1) is 10.1 Å². The molecular weight excluding hydrogens is 324 g/mol. The third-order valence-corrected chi connectivity index (χ3v) is 4.11. The topological polar surface area (TPSA) is 105 Å². The van der Waals surface area contributed by atoms with Crippen LogP contribution in [-0.2, 0) is 9.59 Å². The minimum Gasteiger partial charge on any atom is -0.385 e. The van der Waals surface area contributed by atoms with E-state index >= 15 is 0 Å². The van der Waals surface area contributed by atoms with Gasteiger partial charge in [0, 0.05) is 56.8 Å². The molecule has 1 saturated heterocycles. The smallest absolute Gasteiger partial charge is 0.269 e. The van der Waals surface area contributed by atoms with Crippen molar-refractivity contribution >= 4 is 23.2 Å². The fourth-order valence-electron chi connectivity index (χ4n) is 2.70. The summed E-state index contributed by atoms with van der Waals surface area (Å²) < 4.78 is 0. The highest BCUT2D eigenvalue weighted by Crippen LogP contribution is 2.15. The van der Waals surface area contributed by atoms with Crippen LogP contribution in [0.25, 0.3) is 0 Å². The van der Waals surface area contributed by atoms with Gasteiger partial charge in [-0.3, -0.25) is 19.7 Å². The monoisotopic (exact) mass is 348 g/mol.